The Balaban J connectivity index is 1.73. The standard InChI is InChI=1S/C19H18N4O6S/c1-27-13-4-5-14(24)17(10-13)30(25,26)22-19-18-15(28-2)8-12(9-16(18)29-21-19)11-23-7-3-6-20-23/h3-10,24H,11H2,1-2H3,(H,21,22). The third-order valence-corrected chi connectivity index (χ3v) is 5.78. The van der Waals surface area contributed by atoms with E-state index >= 15 is 0 Å². The maximum Gasteiger partial charge on any atom is 0.266 e. The van der Waals surface area contributed by atoms with E-state index in [0.717, 1.165) is 5.56 Å². The van der Waals surface area contributed by atoms with Crippen LogP contribution in [0.1, 0.15) is 5.56 Å². The summed E-state index contributed by atoms with van der Waals surface area (Å²) < 4.78 is 45.6. The molecule has 10 nitrogen and oxygen atoms in total. The summed E-state index contributed by atoms with van der Waals surface area (Å²) in [6.07, 6.45) is 3.49. The molecule has 2 aromatic carbocycles. The van der Waals surface area contributed by atoms with Gasteiger partial charge in [0, 0.05) is 18.5 Å². The van der Waals surface area contributed by atoms with Crippen LogP contribution < -0.4 is 14.2 Å². The summed E-state index contributed by atoms with van der Waals surface area (Å²) in [6.45, 7) is 0.471. The highest BCUT2D eigenvalue weighted by atomic mass is 32.2. The molecule has 4 rings (SSSR count). The molecule has 0 aliphatic carbocycles. The normalized spacial score (nSPS) is 11.5. The van der Waals surface area contributed by atoms with E-state index in [0.29, 0.717) is 23.3 Å². The Bertz CT molecular complexity index is 1300. The molecular formula is C19H18N4O6S. The number of fused-ring (bicyclic) bond motifs is 1. The van der Waals surface area contributed by atoms with Gasteiger partial charge in [-0.15, -0.1) is 0 Å². The molecule has 0 spiro atoms. The predicted molar refractivity (Wildman–Crippen MR) is 107 cm³/mol. The first-order chi connectivity index (χ1) is 14.4. The van der Waals surface area contributed by atoms with Gasteiger partial charge in [-0.25, -0.2) is 8.42 Å². The van der Waals surface area contributed by atoms with Gasteiger partial charge in [0.05, 0.1) is 20.8 Å². The summed E-state index contributed by atoms with van der Waals surface area (Å²) in [5.41, 5.74) is 1.17. The number of benzene rings is 2. The second-order valence-electron chi connectivity index (χ2n) is 6.35. The molecule has 0 saturated heterocycles. The fraction of sp³-hybridized carbons (Fsp3) is 0.158. The van der Waals surface area contributed by atoms with E-state index in [4.69, 9.17) is 14.0 Å². The Morgan fingerprint density at radius 1 is 1.20 bits per heavy atom. The molecule has 30 heavy (non-hydrogen) atoms. The topological polar surface area (TPSA) is 129 Å². The minimum Gasteiger partial charge on any atom is -0.507 e. The Hall–Kier alpha value is -3.73. The molecule has 4 aromatic rings. The summed E-state index contributed by atoms with van der Waals surface area (Å²) in [6, 6.07) is 9.18. The zero-order valence-electron chi connectivity index (χ0n) is 16.1. The van der Waals surface area contributed by atoms with Gasteiger partial charge in [0.25, 0.3) is 10.0 Å². The lowest BCUT2D eigenvalue weighted by Gasteiger charge is -2.10. The number of phenols is 1. The average molecular weight is 430 g/mol. The van der Waals surface area contributed by atoms with Gasteiger partial charge in [0.2, 0.25) is 0 Å². The van der Waals surface area contributed by atoms with Crippen LogP contribution >= 0.6 is 0 Å². The number of aromatic hydroxyl groups is 1. The highest BCUT2D eigenvalue weighted by Gasteiger charge is 2.24. The van der Waals surface area contributed by atoms with Gasteiger partial charge in [-0.2, -0.15) is 5.10 Å². The van der Waals surface area contributed by atoms with Crippen molar-refractivity contribution in [3.8, 4) is 17.2 Å². The summed E-state index contributed by atoms with van der Waals surface area (Å²) in [7, 11) is -1.33. The van der Waals surface area contributed by atoms with Gasteiger partial charge in [0.15, 0.2) is 11.4 Å². The van der Waals surface area contributed by atoms with Gasteiger partial charge in [-0.1, -0.05) is 5.16 Å². The predicted octanol–water partition coefficient (Wildman–Crippen LogP) is 2.60. The van der Waals surface area contributed by atoms with Gasteiger partial charge in [0.1, 0.15) is 27.5 Å². The Kier molecular flexibility index (Phi) is 4.96. The lowest BCUT2D eigenvalue weighted by molar-refractivity contribution is 0.408. The van der Waals surface area contributed by atoms with Gasteiger partial charge < -0.3 is 19.1 Å². The molecule has 2 aromatic heterocycles. The van der Waals surface area contributed by atoms with Gasteiger partial charge >= 0.3 is 0 Å². The summed E-state index contributed by atoms with van der Waals surface area (Å²) in [5.74, 6) is 0.168. The van der Waals surface area contributed by atoms with Gasteiger partial charge in [-0.05, 0) is 35.9 Å². The van der Waals surface area contributed by atoms with Crippen molar-refractivity contribution in [3.05, 3.63) is 54.4 Å². The summed E-state index contributed by atoms with van der Waals surface area (Å²) in [5, 5.41) is 18.4. The molecule has 0 amide bonds. The molecule has 0 atom stereocenters. The number of methoxy groups -OCH3 is 2. The number of hydrogen-bond acceptors (Lipinski definition) is 8. The summed E-state index contributed by atoms with van der Waals surface area (Å²) in [4.78, 5) is -0.354. The first-order valence-corrected chi connectivity index (χ1v) is 10.2. The monoisotopic (exact) mass is 430 g/mol. The van der Waals surface area contributed by atoms with Crippen molar-refractivity contribution >= 4 is 26.8 Å². The van der Waals surface area contributed by atoms with Crippen LogP contribution in [-0.4, -0.2) is 42.7 Å². The van der Waals surface area contributed by atoms with Crippen LogP contribution in [0.4, 0.5) is 5.82 Å². The first kappa shape index (κ1) is 19.6. The van der Waals surface area contributed by atoms with Crippen molar-refractivity contribution in [2.24, 2.45) is 0 Å². The molecule has 0 radical (unpaired) electrons. The van der Waals surface area contributed by atoms with Crippen molar-refractivity contribution in [1.82, 2.24) is 14.9 Å². The molecule has 156 valence electrons. The highest BCUT2D eigenvalue weighted by molar-refractivity contribution is 7.92. The number of ether oxygens (including phenoxy) is 2. The van der Waals surface area contributed by atoms with Crippen LogP contribution in [0.2, 0.25) is 0 Å². The number of anilines is 1. The molecular weight excluding hydrogens is 412 g/mol. The quantitative estimate of drug-likeness (QED) is 0.458. The third-order valence-electron chi connectivity index (χ3n) is 4.41. The molecule has 2 N–H and O–H groups in total. The van der Waals surface area contributed by atoms with Crippen molar-refractivity contribution in [1.29, 1.82) is 0 Å². The van der Waals surface area contributed by atoms with E-state index in [1.165, 1.54) is 32.4 Å². The summed E-state index contributed by atoms with van der Waals surface area (Å²) >= 11 is 0. The van der Waals surface area contributed by atoms with E-state index in [1.807, 2.05) is 12.3 Å². The minimum absolute atomic E-state index is 0.0605. The van der Waals surface area contributed by atoms with E-state index in [-0.39, 0.29) is 16.5 Å². The van der Waals surface area contributed by atoms with Crippen molar-refractivity contribution in [3.63, 3.8) is 0 Å². The fourth-order valence-corrected chi connectivity index (χ4v) is 4.13. The molecule has 11 heteroatoms. The van der Waals surface area contributed by atoms with E-state index in [9.17, 15) is 13.5 Å². The number of hydrogen-bond donors (Lipinski definition) is 2. The maximum absolute atomic E-state index is 12.8. The molecule has 0 aliphatic rings. The average Bonchev–Trinajstić information content (AvgIpc) is 3.37. The zero-order chi connectivity index (χ0) is 21.3. The lowest BCUT2D eigenvalue weighted by atomic mass is 10.1. The minimum atomic E-state index is -4.19. The largest absolute Gasteiger partial charge is 0.507 e. The van der Waals surface area contributed by atoms with Crippen LogP contribution in [-0.2, 0) is 16.6 Å². The fourth-order valence-electron chi connectivity index (χ4n) is 3.01. The van der Waals surface area contributed by atoms with Gasteiger partial charge in [-0.3, -0.25) is 9.40 Å². The Labute approximate surface area is 171 Å². The van der Waals surface area contributed by atoms with E-state index in [1.54, 1.807) is 23.0 Å². The first-order valence-electron chi connectivity index (χ1n) is 8.75. The SMILES string of the molecule is COc1ccc(O)c(S(=O)(=O)Nc2noc3cc(Cn4cccn4)cc(OC)c23)c1. The number of sulfonamides is 1. The number of aromatic nitrogens is 3. The highest BCUT2D eigenvalue weighted by Crippen LogP contribution is 2.36. The van der Waals surface area contributed by atoms with Crippen LogP contribution in [0.15, 0.2) is 58.2 Å². The zero-order valence-corrected chi connectivity index (χ0v) is 16.9. The molecule has 2 heterocycles. The lowest BCUT2D eigenvalue weighted by Crippen LogP contribution is -2.14. The van der Waals surface area contributed by atoms with Crippen molar-refractivity contribution in [2.45, 2.75) is 11.4 Å². The van der Waals surface area contributed by atoms with Crippen LogP contribution in [0, 0.1) is 0 Å². The second kappa shape index (κ2) is 7.59. The number of nitrogens with one attached hydrogen (secondary N) is 1. The number of rotatable bonds is 7. The Morgan fingerprint density at radius 3 is 2.73 bits per heavy atom. The van der Waals surface area contributed by atoms with Crippen LogP contribution in [0.25, 0.3) is 11.0 Å². The molecule has 0 fully saturated rings. The number of nitrogens with zero attached hydrogens (tertiary/aromatic N) is 3. The number of phenolic OH excluding ortho intramolecular Hbond substituents is 1. The molecule has 0 unspecified atom stereocenters. The smallest absolute Gasteiger partial charge is 0.266 e. The van der Waals surface area contributed by atoms with Crippen LogP contribution in [0.3, 0.4) is 0 Å². The molecule has 0 bridgehead atoms. The Morgan fingerprint density at radius 2 is 2.03 bits per heavy atom. The maximum atomic E-state index is 12.8. The second-order valence-corrected chi connectivity index (χ2v) is 8.00. The third kappa shape index (κ3) is 3.62. The van der Waals surface area contributed by atoms with Crippen molar-refractivity contribution < 1.29 is 27.5 Å². The van der Waals surface area contributed by atoms with Crippen LogP contribution in [0.5, 0.6) is 17.2 Å². The van der Waals surface area contributed by atoms with E-state index < -0.39 is 15.8 Å². The molecule has 0 saturated carbocycles. The van der Waals surface area contributed by atoms with E-state index in [2.05, 4.69) is 15.0 Å². The molecule has 0 aliphatic heterocycles. The van der Waals surface area contributed by atoms with Crippen molar-refractivity contribution in [2.75, 3.05) is 18.9 Å².